The van der Waals surface area contributed by atoms with Gasteiger partial charge in [-0.15, -0.1) is 0 Å². The molecule has 1 aromatic rings. The minimum atomic E-state index is -0.0484. The fraction of sp³-hybridized carbons (Fsp3) is 0.529. The molecule has 0 radical (unpaired) electrons. The molecule has 0 aromatic heterocycles. The van der Waals surface area contributed by atoms with Crippen molar-refractivity contribution >= 4 is 11.6 Å². The minimum Gasteiger partial charge on any atom is -0.368 e. The highest BCUT2D eigenvalue weighted by atomic mass is 16.2. The summed E-state index contributed by atoms with van der Waals surface area (Å²) in [4.78, 5) is 18.5. The molecule has 5 heteroatoms. The summed E-state index contributed by atoms with van der Waals surface area (Å²) in [6.07, 6.45) is 0. The van der Waals surface area contributed by atoms with Gasteiger partial charge in [-0.3, -0.25) is 9.69 Å². The molecule has 1 aliphatic heterocycles. The number of nitrogens with zero attached hydrogens (tertiary/aromatic N) is 4. The monoisotopic (exact) mass is 300 g/mol. The average molecular weight is 300 g/mol. The first-order valence-electron chi connectivity index (χ1n) is 7.76. The van der Waals surface area contributed by atoms with Gasteiger partial charge >= 0.3 is 0 Å². The number of amides is 1. The fourth-order valence-electron chi connectivity index (χ4n) is 2.76. The van der Waals surface area contributed by atoms with E-state index in [2.05, 4.69) is 23.1 Å². The summed E-state index contributed by atoms with van der Waals surface area (Å²) in [6, 6.07) is 12.5. The maximum absolute atomic E-state index is 12.3. The highest BCUT2D eigenvalue weighted by Gasteiger charge is 2.22. The average Bonchev–Trinajstić information content (AvgIpc) is 2.55. The van der Waals surface area contributed by atoms with E-state index in [0.29, 0.717) is 13.1 Å². The van der Waals surface area contributed by atoms with Gasteiger partial charge in [0.15, 0.2) is 0 Å². The van der Waals surface area contributed by atoms with Gasteiger partial charge in [0.25, 0.3) is 0 Å². The molecular formula is C17H24N4O. The van der Waals surface area contributed by atoms with Gasteiger partial charge in [0.1, 0.15) is 0 Å². The quantitative estimate of drug-likeness (QED) is 0.825. The Morgan fingerprint density at radius 3 is 2.50 bits per heavy atom. The van der Waals surface area contributed by atoms with E-state index >= 15 is 0 Å². The standard InChI is InChI=1S/C17H24N4O/c1-15(12-18)13-19(2)14-17(22)21-10-8-20(9-11-21)16-6-4-3-5-7-16/h3-7,15H,8-11,13-14H2,1-2H3/t15-/m1/s1. The number of likely N-dealkylation sites (N-methyl/N-ethyl adjacent to an activating group) is 1. The molecule has 1 fully saturated rings. The summed E-state index contributed by atoms with van der Waals surface area (Å²) in [5, 5.41) is 8.83. The summed E-state index contributed by atoms with van der Waals surface area (Å²) in [6.45, 7) is 6.15. The van der Waals surface area contributed by atoms with Crippen molar-refractivity contribution in [3.05, 3.63) is 30.3 Å². The molecule has 0 bridgehead atoms. The van der Waals surface area contributed by atoms with Gasteiger partial charge in [-0.05, 0) is 26.1 Å². The number of hydrogen-bond donors (Lipinski definition) is 0. The van der Waals surface area contributed by atoms with Crippen molar-refractivity contribution in [2.75, 3.05) is 51.2 Å². The number of hydrogen-bond acceptors (Lipinski definition) is 4. The third kappa shape index (κ3) is 4.47. The van der Waals surface area contributed by atoms with E-state index in [1.807, 2.05) is 42.0 Å². The molecule has 1 aromatic carbocycles. The van der Waals surface area contributed by atoms with Crippen LogP contribution in [0.5, 0.6) is 0 Å². The lowest BCUT2D eigenvalue weighted by Crippen LogP contribution is -2.51. The molecule has 1 atom stereocenters. The van der Waals surface area contributed by atoms with Gasteiger partial charge < -0.3 is 9.80 Å². The molecule has 1 amide bonds. The zero-order valence-electron chi connectivity index (χ0n) is 13.4. The van der Waals surface area contributed by atoms with Gasteiger partial charge in [0.05, 0.1) is 18.5 Å². The van der Waals surface area contributed by atoms with Crippen LogP contribution in [0.3, 0.4) is 0 Å². The lowest BCUT2D eigenvalue weighted by Gasteiger charge is -2.36. The zero-order chi connectivity index (χ0) is 15.9. The first kappa shape index (κ1) is 16.3. The third-order valence-electron chi connectivity index (χ3n) is 3.96. The van der Waals surface area contributed by atoms with Crippen LogP contribution >= 0.6 is 0 Å². The van der Waals surface area contributed by atoms with Gasteiger partial charge in [0.2, 0.25) is 5.91 Å². The van der Waals surface area contributed by atoms with Crippen molar-refractivity contribution in [1.29, 1.82) is 5.26 Å². The van der Waals surface area contributed by atoms with Crippen LogP contribution in [0.25, 0.3) is 0 Å². The second-order valence-electron chi connectivity index (χ2n) is 5.93. The highest BCUT2D eigenvalue weighted by Crippen LogP contribution is 2.15. The molecule has 5 nitrogen and oxygen atoms in total. The Labute approximate surface area is 132 Å². The summed E-state index contributed by atoms with van der Waals surface area (Å²) in [5.41, 5.74) is 1.22. The lowest BCUT2D eigenvalue weighted by molar-refractivity contribution is -0.132. The molecule has 1 saturated heterocycles. The summed E-state index contributed by atoms with van der Waals surface area (Å²) >= 11 is 0. The van der Waals surface area contributed by atoms with Crippen LogP contribution in [-0.2, 0) is 4.79 Å². The Bertz CT molecular complexity index is 517. The summed E-state index contributed by atoms with van der Waals surface area (Å²) < 4.78 is 0. The Balaban J connectivity index is 1.79. The topological polar surface area (TPSA) is 50.6 Å². The van der Waals surface area contributed by atoms with Crippen LogP contribution in [0, 0.1) is 17.2 Å². The van der Waals surface area contributed by atoms with E-state index in [9.17, 15) is 4.79 Å². The van der Waals surface area contributed by atoms with E-state index in [-0.39, 0.29) is 11.8 Å². The number of piperazine rings is 1. The van der Waals surface area contributed by atoms with E-state index in [1.54, 1.807) is 0 Å². The van der Waals surface area contributed by atoms with Crippen LogP contribution < -0.4 is 4.90 Å². The number of rotatable bonds is 5. The first-order chi connectivity index (χ1) is 10.6. The Morgan fingerprint density at radius 1 is 1.27 bits per heavy atom. The van der Waals surface area contributed by atoms with Crippen molar-refractivity contribution in [2.45, 2.75) is 6.92 Å². The molecule has 1 aliphatic rings. The third-order valence-corrected chi connectivity index (χ3v) is 3.96. The second kappa shape index (κ2) is 7.81. The van der Waals surface area contributed by atoms with Gasteiger partial charge in [-0.2, -0.15) is 5.26 Å². The number of benzene rings is 1. The highest BCUT2D eigenvalue weighted by molar-refractivity contribution is 5.78. The smallest absolute Gasteiger partial charge is 0.236 e. The fourth-order valence-corrected chi connectivity index (χ4v) is 2.76. The normalized spacial score (nSPS) is 16.5. The molecule has 0 spiro atoms. The van der Waals surface area contributed by atoms with E-state index in [1.165, 1.54) is 5.69 Å². The van der Waals surface area contributed by atoms with Gasteiger partial charge in [0, 0.05) is 38.4 Å². The van der Waals surface area contributed by atoms with Crippen LogP contribution in [0.1, 0.15) is 6.92 Å². The maximum Gasteiger partial charge on any atom is 0.236 e. The van der Waals surface area contributed by atoms with Crippen LogP contribution in [0.2, 0.25) is 0 Å². The SMILES string of the molecule is C[C@H](C#N)CN(C)CC(=O)N1CCN(c2ccccc2)CC1. The van der Waals surface area contributed by atoms with E-state index < -0.39 is 0 Å². The Morgan fingerprint density at radius 2 is 1.91 bits per heavy atom. The van der Waals surface area contributed by atoms with Crippen LogP contribution in [0.15, 0.2) is 30.3 Å². The zero-order valence-corrected chi connectivity index (χ0v) is 13.4. The number of nitriles is 1. The van der Waals surface area contributed by atoms with Crippen molar-refractivity contribution in [1.82, 2.24) is 9.80 Å². The second-order valence-corrected chi connectivity index (χ2v) is 5.93. The molecule has 0 N–H and O–H groups in total. The molecular weight excluding hydrogens is 276 g/mol. The lowest BCUT2D eigenvalue weighted by atomic mass is 10.2. The molecule has 0 unspecified atom stereocenters. The molecule has 0 saturated carbocycles. The predicted molar refractivity (Wildman–Crippen MR) is 87.5 cm³/mol. The Hall–Kier alpha value is -2.06. The largest absolute Gasteiger partial charge is 0.368 e. The number of carbonyl (C=O) groups is 1. The number of anilines is 1. The molecule has 22 heavy (non-hydrogen) atoms. The van der Waals surface area contributed by atoms with Crippen molar-refractivity contribution in [3.8, 4) is 6.07 Å². The molecule has 0 aliphatic carbocycles. The van der Waals surface area contributed by atoms with Crippen LogP contribution in [-0.4, -0.2) is 62.0 Å². The van der Waals surface area contributed by atoms with Crippen molar-refractivity contribution < 1.29 is 4.79 Å². The van der Waals surface area contributed by atoms with Gasteiger partial charge in [-0.1, -0.05) is 18.2 Å². The van der Waals surface area contributed by atoms with E-state index in [4.69, 9.17) is 5.26 Å². The number of carbonyl (C=O) groups excluding carboxylic acids is 1. The summed E-state index contributed by atoms with van der Waals surface area (Å²) in [5.74, 6) is 0.105. The van der Waals surface area contributed by atoms with E-state index in [0.717, 1.165) is 26.2 Å². The molecule has 118 valence electrons. The van der Waals surface area contributed by atoms with Crippen LogP contribution in [0.4, 0.5) is 5.69 Å². The van der Waals surface area contributed by atoms with Gasteiger partial charge in [-0.25, -0.2) is 0 Å². The minimum absolute atomic E-state index is 0.0484. The van der Waals surface area contributed by atoms with Crippen molar-refractivity contribution in [2.24, 2.45) is 5.92 Å². The predicted octanol–water partition coefficient (Wildman–Crippen LogP) is 1.43. The number of para-hydroxylation sites is 1. The van der Waals surface area contributed by atoms with Crippen molar-refractivity contribution in [3.63, 3.8) is 0 Å². The summed E-state index contributed by atoms with van der Waals surface area (Å²) in [7, 11) is 1.89. The molecule has 2 rings (SSSR count). The Kier molecular flexibility index (Phi) is 5.79. The maximum atomic E-state index is 12.3. The molecule has 1 heterocycles. The first-order valence-corrected chi connectivity index (χ1v) is 7.76.